The van der Waals surface area contributed by atoms with Crippen molar-refractivity contribution in [1.29, 1.82) is 0 Å². The van der Waals surface area contributed by atoms with Gasteiger partial charge in [0.25, 0.3) is 0 Å². The van der Waals surface area contributed by atoms with Crippen LogP contribution in [-0.2, 0) is 33.3 Å². The smallest absolute Gasteiger partial charge is 0.338 e. The molecule has 5 rings (SSSR count). The quantitative estimate of drug-likeness (QED) is 0.514. The monoisotopic (exact) mass is 406 g/mol. The van der Waals surface area contributed by atoms with Gasteiger partial charge in [-0.1, -0.05) is 13.3 Å². The Kier molecular flexibility index (Phi) is 3.97. The van der Waals surface area contributed by atoms with Gasteiger partial charge in [0.15, 0.2) is 5.60 Å². The van der Waals surface area contributed by atoms with Crippen molar-refractivity contribution in [2.75, 3.05) is 13.2 Å². The first-order chi connectivity index (χ1) is 13.7. The SMILES string of the molecule is CC(=O)OC[C@@]12CCC[C@]3(C)C(=O)O[C@H](C[C@@H](C)[C@]14CC[C@]1(CCOC1=O)O4)[C@@H]23. The highest BCUT2D eigenvalue weighted by Gasteiger charge is 2.77. The third-order valence-electron chi connectivity index (χ3n) is 8.84. The largest absolute Gasteiger partial charge is 0.465 e. The van der Waals surface area contributed by atoms with E-state index in [-0.39, 0.29) is 42.5 Å². The van der Waals surface area contributed by atoms with Gasteiger partial charge in [0.1, 0.15) is 12.7 Å². The van der Waals surface area contributed by atoms with E-state index in [1.54, 1.807) is 0 Å². The molecule has 0 aromatic carbocycles. The van der Waals surface area contributed by atoms with E-state index in [9.17, 15) is 14.4 Å². The van der Waals surface area contributed by atoms with Gasteiger partial charge < -0.3 is 18.9 Å². The number of cyclic esters (lactones) is 1. The van der Waals surface area contributed by atoms with Crippen LogP contribution < -0.4 is 0 Å². The summed E-state index contributed by atoms with van der Waals surface area (Å²) in [6.07, 6.45) is 4.79. The fourth-order valence-corrected chi connectivity index (χ4v) is 7.63. The molecule has 2 aliphatic carbocycles. The predicted molar refractivity (Wildman–Crippen MR) is 99.5 cm³/mol. The van der Waals surface area contributed by atoms with Crippen LogP contribution in [0.15, 0.2) is 0 Å². The fraction of sp³-hybridized carbons (Fsp3) is 0.864. The highest BCUT2D eigenvalue weighted by atomic mass is 16.6. The Balaban J connectivity index is 1.64. The van der Waals surface area contributed by atoms with Crippen molar-refractivity contribution in [2.45, 2.75) is 83.0 Å². The summed E-state index contributed by atoms with van der Waals surface area (Å²) in [5.41, 5.74) is -2.69. The van der Waals surface area contributed by atoms with Crippen LogP contribution in [0.25, 0.3) is 0 Å². The van der Waals surface area contributed by atoms with Crippen molar-refractivity contribution >= 4 is 17.9 Å². The van der Waals surface area contributed by atoms with E-state index in [0.29, 0.717) is 32.3 Å². The maximum absolute atomic E-state index is 12.9. The highest BCUT2D eigenvalue weighted by molar-refractivity contribution is 5.82. The number of fused-ring (bicyclic) bond motifs is 1. The van der Waals surface area contributed by atoms with E-state index in [4.69, 9.17) is 18.9 Å². The second-order valence-electron chi connectivity index (χ2n) is 10.1. The van der Waals surface area contributed by atoms with Gasteiger partial charge in [-0.3, -0.25) is 9.59 Å². The second kappa shape index (κ2) is 5.96. The molecule has 0 radical (unpaired) electrons. The first kappa shape index (κ1) is 19.3. The van der Waals surface area contributed by atoms with E-state index in [1.165, 1.54) is 6.92 Å². The van der Waals surface area contributed by atoms with Crippen LogP contribution in [0.2, 0.25) is 0 Å². The predicted octanol–water partition coefficient (Wildman–Crippen LogP) is 2.54. The maximum Gasteiger partial charge on any atom is 0.338 e. The number of carbonyl (C=O) groups excluding carboxylic acids is 3. The summed E-state index contributed by atoms with van der Waals surface area (Å²) in [4.78, 5) is 37.4. The Labute approximate surface area is 170 Å². The molecule has 3 saturated heterocycles. The summed E-state index contributed by atoms with van der Waals surface area (Å²) >= 11 is 0. The number of hydrogen-bond donors (Lipinski definition) is 0. The zero-order valence-electron chi connectivity index (χ0n) is 17.5. The van der Waals surface area contributed by atoms with Gasteiger partial charge in [-0.2, -0.15) is 0 Å². The Morgan fingerprint density at radius 2 is 1.93 bits per heavy atom. The molecule has 0 bridgehead atoms. The number of carbonyl (C=O) groups is 3. The minimum Gasteiger partial charge on any atom is -0.465 e. The first-order valence-corrected chi connectivity index (χ1v) is 10.9. The lowest BCUT2D eigenvalue weighted by Gasteiger charge is -2.62. The van der Waals surface area contributed by atoms with Crippen molar-refractivity contribution in [2.24, 2.45) is 22.7 Å². The van der Waals surface area contributed by atoms with Gasteiger partial charge in [0.05, 0.1) is 17.6 Å². The molecular weight excluding hydrogens is 376 g/mol. The molecule has 0 aromatic rings. The molecule has 0 unspecified atom stereocenters. The Morgan fingerprint density at radius 3 is 2.62 bits per heavy atom. The molecule has 7 atom stereocenters. The molecule has 0 aromatic heterocycles. The molecule has 29 heavy (non-hydrogen) atoms. The fourth-order valence-electron chi connectivity index (χ4n) is 7.63. The lowest BCUT2D eigenvalue weighted by Crippen LogP contribution is -2.68. The summed E-state index contributed by atoms with van der Waals surface area (Å²) in [7, 11) is 0. The molecular formula is C22H30O7. The summed E-state index contributed by atoms with van der Waals surface area (Å²) in [6, 6.07) is 0. The van der Waals surface area contributed by atoms with Crippen LogP contribution in [0.1, 0.15) is 65.7 Å². The van der Waals surface area contributed by atoms with Crippen molar-refractivity contribution < 1.29 is 33.3 Å². The summed E-state index contributed by atoms with van der Waals surface area (Å²) < 4.78 is 23.7. The van der Waals surface area contributed by atoms with Gasteiger partial charge >= 0.3 is 17.9 Å². The van der Waals surface area contributed by atoms with Gasteiger partial charge in [0, 0.05) is 24.7 Å². The van der Waals surface area contributed by atoms with Crippen LogP contribution in [0.4, 0.5) is 0 Å². The number of ether oxygens (including phenoxy) is 4. The molecule has 7 nitrogen and oxygen atoms in total. The van der Waals surface area contributed by atoms with E-state index >= 15 is 0 Å². The number of esters is 3. The molecule has 5 aliphatic rings. The van der Waals surface area contributed by atoms with Crippen molar-refractivity contribution in [3.8, 4) is 0 Å². The van der Waals surface area contributed by atoms with E-state index in [0.717, 1.165) is 19.3 Å². The average Bonchev–Trinajstić information content (AvgIpc) is 3.30. The summed E-state index contributed by atoms with van der Waals surface area (Å²) in [6.45, 7) is 6.12. The van der Waals surface area contributed by atoms with Crippen molar-refractivity contribution in [3.63, 3.8) is 0 Å². The lowest BCUT2D eigenvalue weighted by molar-refractivity contribution is -0.266. The number of rotatable bonds is 2. The molecule has 3 heterocycles. The minimum absolute atomic E-state index is 0.0698. The van der Waals surface area contributed by atoms with Crippen molar-refractivity contribution in [3.05, 3.63) is 0 Å². The minimum atomic E-state index is -0.901. The average molecular weight is 406 g/mol. The van der Waals surface area contributed by atoms with Crippen LogP contribution >= 0.6 is 0 Å². The van der Waals surface area contributed by atoms with Crippen molar-refractivity contribution in [1.82, 2.24) is 0 Å². The molecule has 2 spiro atoms. The maximum atomic E-state index is 12.9. The molecule has 7 heteroatoms. The highest BCUT2D eigenvalue weighted by Crippen LogP contribution is 2.70. The molecule has 0 N–H and O–H groups in total. The zero-order chi connectivity index (χ0) is 20.7. The molecule has 2 saturated carbocycles. The van der Waals surface area contributed by atoms with Crippen LogP contribution in [0.3, 0.4) is 0 Å². The Bertz CT molecular complexity index is 779. The van der Waals surface area contributed by atoms with Gasteiger partial charge in [-0.05, 0) is 44.9 Å². The number of hydrogen-bond acceptors (Lipinski definition) is 7. The Hall–Kier alpha value is -1.63. The van der Waals surface area contributed by atoms with Gasteiger partial charge in [0.2, 0.25) is 0 Å². The zero-order valence-corrected chi connectivity index (χ0v) is 17.5. The topological polar surface area (TPSA) is 88.1 Å². The summed E-state index contributed by atoms with van der Waals surface area (Å²) in [5.74, 6) is -0.769. The van der Waals surface area contributed by atoms with E-state index in [1.807, 2.05) is 6.92 Å². The van der Waals surface area contributed by atoms with Gasteiger partial charge in [-0.15, -0.1) is 0 Å². The summed E-state index contributed by atoms with van der Waals surface area (Å²) in [5, 5.41) is 0. The molecule has 5 fully saturated rings. The molecule has 0 amide bonds. The van der Waals surface area contributed by atoms with Crippen LogP contribution in [0.5, 0.6) is 0 Å². The third kappa shape index (κ3) is 2.25. The molecule has 3 aliphatic heterocycles. The third-order valence-corrected chi connectivity index (χ3v) is 8.84. The van der Waals surface area contributed by atoms with Gasteiger partial charge in [-0.25, -0.2) is 4.79 Å². The first-order valence-electron chi connectivity index (χ1n) is 10.9. The second-order valence-corrected chi connectivity index (χ2v) is 10.1. The van der Waals surface area contributed by atoms with Crippen LogP contribution in [0, 0.1) is 22.7 Å². The van der Waals surface area contributed by atoms with Crippen LogP contribution in [-0.4, -0.2) is 48.4 Å². The standard InChI is InChI=1S/C22H30O7/c1-13-11-15-16-19(3,17(24)28-15)5-4-6-20(16,12-27-14(2)23)22(13)8-7-21(29-22)9-10-26-18(21)25/h13,15-16H,4-12H2,1-3H3/t13-,15-,16-,19+,20-,21-,22-/m1/s1. The normalized spacial score (nSPS) is 50.5. The Morgan fingerprint density at radius 1 is 1.14 bits per heavy atom. The van der Waals surface area contributed by atoms with E-state index in [2.05, 4.69) is 6.92 Å². The van der Waals surface area contributed by atoms with E-state index < -0.39 is 22.0 Å². The lowest BCUT2D eigenvalue weighted by atomic mass is 9.43. The molecule has 160 valence electrons.